The Balaban J connectivity index is 1.29. The fraction of sp³-hybridized carbons (Fsp3) is 0.286. The third kappa shape index (κ3) is 4.27. The summed E-state index contributed by atoms with van der Waals surface area (Å²) < 4.78 is 14.7. The van der Waals surface area contributed by atoms with Gasteiger partial charge in [0, 0.05) is 16.5 Å². The number of fused-ring (bicyclic) bond motifs is 4. The second kappa shape index (κ2) is 9.14. The zero-order valence-corrected chi connectivity index (χ0v) is 19.6. The van der Waals surface area contributed by atoms with E-state index in [0.717, 1.165) is 64.9 Å². The van der Waals surface area contributed by atoms with Crippen molar-refractivity contribution in [1.82, 2.24) is 30.6 Å². The maximum absolute atomic E-state index is 14.7. The average Bonchev–Trinajstić information content (AvgIpc) is 3.62. The summed E-state index contributed by atoms with van der Waals surface area (Å²) in [6.07, 6.45) is 3.33. The Kier molecular flexibility index (Phi) is 5.69. The minimum absolute atomic E-state index is 0.305. The van der Waals surface area contributed by atoms with Gasteiger partial charge in [0.1, 0.15) is 17.2 Å². The highest BCUT2D eigenvalue weighted by molar-refractivity contribution is 6.04. The highest BCUT2D eigenvalue weighted by Gasteiger charge is 2.20. The summed E-state index contributed by atoms with van der Waals surface area (Å²) >= 11 is 0. The number of hydrogen-bond acceptors (Lipinski definition) is 4. The van der Waals surface area contributed by atoms with Gasteiger partial charge in [-0.1, -0.05) is 30.9 Å². The van der Waals surface area contributed by atoms with E-state index in [1.165, 1.54) is 12.5 Å². The van der Waals surface area contributed by atoms with Crippen LogP contribution in [0.4, 0.5) is 4.39 Å². The number of aromatic amines is 2. The van der Waals surface area contributed by atoms with E-state index in [-0.39, 0.29) is 5.82 Å². The van der Waals surface area contributed by atoms with Gasteiger partial charge in [0.15, 0.2) is 5.82 Å². The molecule has 6 rings (SSSR count). The lowest BCUT2D eigenvalue weighted by Gasteiger charge is -2.04. The zero-order valence-electron chi connectivity index (χ0n) is 19.6. The molecule has 4 N–H and O–H groups in total. The fourth-order valence-electron chi connectivity index (χ4n) is 4.80. The van der Waals surface area contributed by atoms with Crippen molar-refractivity contribution in [3.8, 4) is 11.8 Å². The monoisotopic (exact) mass is 466 g/mol. The van der Waals surface area contributed by atoms with E-state index in [9.17, 15) is 4.39 Å². The van der Waals surface area contributed by atoms with Gasteiger partial charge in [-0.2, -0.15) is 0 Å². The number of imidazole rings is 2. The van der Waals surface area contributed by atoms with Gasteiger partial charge in [-0.3, -0.25) is 0 Å². The van der Waals surface area contributed by atoms with Crippen molar-refractivity contribution >= 4 is 32.8 Å². The lowest BCUT2D eigenvalue weighted by molar-refractivity contribution is 0.614. The standard InChI is InChI=1S/C28H27FN6/c1-2-11-30-16-25-32-24-15-18(14-21(29)27(24)34-25)6-5-17-7-9-20-19(13-17)8-10-22-26(20)35-28(33-22)23-4-3-12-31-23/h7-10,13-15,23,30-31H,2-4,11-12,16H2,1H3,(H,32,34)(H,33,35)/t23-/m0/s1. The first-order valence-electron chi connectivity index (χ1n) is 12.2. The Morgan fingerprint density at radius 3 is 2.83 bits per heavy atom. The van der Waals surface area contributed by atoms with Gasteiger partial charge in [0.05, 0.1) is 29.1 Å². The summed E-state index contributed by atoms with van der Waals surface area (Å²) in [5.74, 6) is 7.68. The molecule has 3 heterocycles. The van der Waals surface area contributed by atoms with Crippen molar-refractivity contribution in [2.45, 2.75) is 38.8 Å². The molecule has 0 bridgehead atoms. The number of hydrogen-bond donors (Lipinski definition) is 4. The number of halogens is 1. The maximum Gasteiger partial charge on any atom is 0.152 e. The van der Waals surface area contributed by atoms with Crippen molar-refractivity contribution in [1.29, 1.82) is 0 Å². The Labute approximate surface area is 202 Å². The average molecular weight is 467 g/mol. The summed E-state index contributed by atoms with van der Waals surface area (Å²) in [5, 5.41) is 9.00. The van der Waals surface area contributed by atoms with Crippen LogP contribution in [0.5, 0.6) is 0 Å². The van der Waals surface area contributed by atoms with Crippen LogP contribution in [0.2, 0.25) is 0 Å². The molecule has 0 unspecified atom stereocenters. The highest BCUT2D eigenvalue weighted by atomic mass is 19.1. The smallest absolute Gasteiger partial charge is 0.152 e. The molecule has 0 amide bonds. The van der Waals surface area contributed by atoms with Crippen LogP contribution in [0.1, 0.15) is 55.0 Å². The minimum atomic E-state index is -0.363. The van der Waals surface area contributed by atoms with Gasteiger partial charge in [-0.25, -0.2) is 14.4 Å². The Morgan fingerprint density at radius 2 is 1.97 bits per heavy atom. The molecule has 35 heavy (non-hydrogen) atoms. The molecule has 3 aromatic carbocycles. The summed E-state index contributed by atoms with van der Waals surface area (Å²) in [7, 11) is 0. The van der Waals surface area contributed by atoms with Crippen molar-refractivity contribution in [2.75, 3.05) is 13.1 Å². The predicted molar refractivity (Wildman–Crippen MR) is 138 cm³/mol. The van der Waals surface area contributed by atoms with Crippen LogP contribution < -0.4 is 10.6 Å². The van der Waals surface area contributed by atoms with Crippen molar-refractivity contribution in [3.63, 3.8) is 0 Å². The first-order valence-corrected chi connectivity index (χ1v) is 12.2. The molecule has 2 aromatic heterocycles. The molecule has 0 radical (unpaired) electrons. The number of aromatic nitrogens is 4. The number of rotatable bonds is 5. The molecule has 1 fully saturated rings. The van der Waals surface area contributed by atoms with E-state index in [4.69, 9.17) is 4.98 Å². The van der Waals surface area contributed by atoms with Gasteiger partial charge in [-0.15, -0.1) is 0 Å². The molecule has 5 aromatic rings. The predicted octanol–water partition coefficient (Wildman–Crippen LogP) is 5.06. The molecule has 7 heteroatoms. The number of nitrogens with one attached hydrogen (secondary N) is 4. The Bertz CT molecular complexity index is 1600. The van der Waals surface area contributed by atoms with Gasteiger partial charge >= 0.3 is 0 Å². The first-order chi connectivity index (χ1) is 17.2. The van der Waals surface area contributed by atoms with Crippen LogP contribution in [0.3, 0.4) is 0 Å². The number of H-pyrrole nitrogens is 2. The summed E-state index contributed by atoms with van der Waals surface area (Å²) in [5.41, 5.74) is 4.54. The van der Waals surface area contributed by atoms with Gasteiger partial charge in [0.2, 0.25) is 0 Å². The topological polar surface area (TPSA) is 81.4 Å². The molecule has 0 saturated carbocycles. The van der Waals surface area contributed by atoms with Crippen molar-refractivity contribution < 1.29 is 4.39 Å². The van der Waals surface area contributed by atoms with E-state index in [0.29, 0.717) is 29.2 Å². The first kappa shape index (κ1) is 21.8. The lowest BCUT2D eigenvalue weighted by atomic mass is 10.1. The van der Waals surface area contributed by atoms with Crippen molar-refractivity contribution in [3.05, 3.63) is 71.1 Å². The van der Waals surface area contributed by atoms with Crippen LogP contribution in [-0.4, -0.2) is 33.0 Å². The molecule has 1 atom stereocenters. The number of nitrogens with zero attached hydrogens (tertiary/aromatic N) is 2. The SMILES string of the molecule is CCCNCc1nc2c(F)cc(C#Cc3ccc4c(ccc5nc([C@@H]6CCCN6)[nH]c54)c3)cc2[nH]1. The van der Waals surface area contributed by atoms with Crippen LogP contribution in [0, 0.1) is 17.7 Å². The van der Waals surface area contributed by atoms with E-state index in [2.05, 4.69) is 68.6 Å². The normalized spacial score (nSPS) is 15.8. The molecule has 1 aliphatic rings. The molecule has 6 nitrogen and oxygen atoms in total. The Morgan fingerprint density at radius 1 is 1.06 bits per heavy atom. The van der Waals surface area contributed by atoms with Crippen LogP contribution in [-0.2, 0) is 6.54 Å². The molecular formula is C28H27FN6. The fourth-order valence-corrected chi connectivity index (χ4v) is 4.80. The maximum atomic E-state index is 14.7. The molecule has 1 aliphatic heterocycles. The van der Waals surface area contributed by atoms with Crippen LogP contribution >= 0.6 is 0 Å². The molecule has 0 spiro atoms. The van der Waals surface area contributed by atoms with Gasteiger partial charge in [0.25, 0.3) is 0 Å². The van der Waals surface area contributed by atoms with E-state index < -0.39 is 0 Å². The second-order valence-electron chi connectivity index (χ2n) is 9.13. The van der Waals surface area contributed by atoms with Crippen LogP contribution in [0.15, 0.2) is 42.5 Å². The third-order valence-corrected chi connectivity index (χ3v) is 6.54. The molecule has 176 valence electrons. The Hall–Kier alpha value is -3.73. The number of benzene rings is 3. The minimum Gasteiger partial charge on any atom is -0.341 e. The molecule has 0 aliphatic carbocycles. The largest absolute Gasteiger partial charge is 0.341 e. The van der Waals surface area contributed by atoms with E-state index >= 15 is 0 Å². The quantitative estimate of drug-likeness (QED) is 0.216. The molecular weight excluding hydrogens is 439 g/mol. The summed E-state index contributed by atoms with van der Waals surface area (Å²) in [6, 6.07) is 13.9. The highest BCUT2D eigenvalue weighted by Crippen LogP contribution is 2.28. The van der Waals surface area contributed by atoms with Gasteiger partial charge in [-0.05, 0) is 68.1 Å². The zero-order chi connectivity index (χ0) is 23.8. The van der Waals surface area contributed by atoms with E-state index in [1.807, 2.05) is 12.1 Å². The summed E-state index contributed by atoms with van der Waals surface area (Å²) in [6.45, 7) is 4.63. The summed E-state index contributed by atoms with van der Waals surface area (Å²) in [4.78, 5) is 15.9. The lowest BCUT2D eigenvalue weighted by Crippen LogP contribution is -2.14. The van der Waals surface area contributed by atoms with Gasteiger partial charge < -0.3 is 20.6 Å². The van der Waals surface area contributed by atoms with Crippen LogP contribution in [0.25, 0.3) is 32.8 Å². The third-order valence-electron chi connectivity index (χ3n) is 6.54. The van der Waals surface area contributed by atoms with Crippen molar-refractivity contribution in [2.24, 2.45) is 0 Å². The van der Waals surface area contributed by atoms with E-state index in [1.54, 1.807) is 0 Å². The second-order valence-corrected chi connectivity index (χ2v) is 9.13. The molecule has 1 saturated heterocycles.